The summed E-state index contributed by atoms with van der Waals surface area (Å²) in [5.74, 6) is 0.0707. The highest BCUT2D eigenvalue weighted by Gasteiger charge is 2.11. The molecule has 24 heavy (non-hydrogen) atoms. The molecule has 0 spiro atoms. The van der Waals surface area contributed by atoms with E-state index >= 15 is 0 Å². The van der Waals surface area contributed by atoms with Gasteiger partial charge in [0.25, 0.3) is 5.91 Å². The Morgan fingerprint density at radius 3 is 2.38 bits per heavy atom. The van der Waals surface area contributed by atoms with Gasteiger partial charge in [0.2, 0.25) is 5.95 Å². The maximum atomic E-state index is 12.4. The smallest absolute Gasteiger partial charge is 0.274 e. The Bertz CT molecular complexity index is 851. The Morgan fingerprint density at radius 2 is 1.67 bits per heavy atom. The van der Waals surface area contributed by atoms with Crippen LogP contribution in [0.25, 0.3) is 0 Å². The van der Waals surface area contributed by atoms with Gasteiger partial charge >= 0.3 is 0 Å². The lowest BCUT2D eigenvalue weighted by molar-refractivity contribution is 0.102. The number of nitrogens with zero attached hydrogens (tertiary/aromatic N) is 2. The molecule has 3 rings (SSSR count). The molecule has 0 aliphatic heterocycles. The predicted molar refractivity (Wildman–Crippen MR) is 95.9 cm³/mol. The quantitative estimate of drug-likeness (QED) is 0.738. The molecule has 6 heteroatoms. The highest BCUT2D eigenvalue weighted by molar-refractivity contribution is 6.30. The van der Waals surface area contributed by atoms with E-state index in [9.17, 15) is 4.79 Å². The minimum absolute atomic E-state index is 0.288. The molecular weight excluding hydrogens is 324 g/mol. The number of hydrogen-bond acceptors (Lipinski definition) is 4. The summed E-state index contributed by atoms with van der Waals surface area (Å²) in [6.07, 6.45) is 0. The summed E-state index contributed by atoms with van der Waals surface area (Å²) in [5.41, 5.74) is 2.49. The van der Waals surface area contributed by atoms with Gasteiger partial charge < -0.3 is 10.6 Å². The summed E-state index contributed by atoms with van der Waals surface area (Å²) >= 11 is 5.84. The van der Waals surface area contributed by atoms with Gasteiger partial charge in [-0.25, -0.2) is 9.97 Å². The second kappa shape index (κ2) is 7.10. The van der Waals surface area contributed by atoms with Crippen molar-refractivity contribution in [2.75, 3.05) is 10.6 Å². The molecule has 2 aromatic carbocycles. The first kappa shape index (κ1) is 16.0. The molecule has 0 bridgehead atoms. The van der Waals surface area contributed by atoms with E-state index in [1.807, 2.05) is 37.3 Å². The number of para-hydroxylation sites is 1. The summed E-state index contributed by atoms with van der Waals surface area (Å²) in [6, 6.07) is 18.1. The van der Waals surface area contributed by atoms with Gasteiger partial charge in [0, 0.05) is 22.1 Å². The third-order valence-electron chi connectivity index (χ3n) is 3.22. The van der Waals surface area contributed by atoms with E-state index in [2.05, 4.69) is 20.6 Å². The van der Waals surface area contributed by atoms with Crippen LogP contribution in [0.15, 0.2) is 60.7 Å². The van der Waals surface area contributed by atoms with E-state index in [1.54, 1.807) is 30.3 Å². The van der Waals surface area contributed by atoms with Crippen LogP contribution in [0.3, 0.4) is 0 Å². The van der Waals surface area contributed by atoms with E-state index in [1.165, 1.54) is 0 Å². The van der Waals surface area contributed by atoms with Crippen molar-refractivity contribution in [3.8, 4) is 0 Å². The van der Waals surface area contributed by atoms with Crippen molar-refractivity contribution in [2.24, 2.45) is 0 Å². The zero-order valence-corrected chi connectivity index (χ0v) is 13.7. The van der Waals surface area contributed by atoms with Crippen LogP contribution in [0.5, 0.6) is 0 Å². The molecule has 0 aliphatic carbocycles. The van der Waals surface area contributed by atoms with Gasteiger partial charge in [0.1, 0.15) is 5.69 Å². The molecular formula is C18H15ClN4O. The standard InChI is InChI=1S/C18H15ClN4O/c1-12-11-16(17(24)21-15-9-7-13(19)8-10-15)23-18(20-12)22-14-5-3-2-4-6-14/h2-11H,1H3,(H,21,24)(H,20,22,23). The first-order valence-corrected chi connectivity index (χ1v) is 7.72. The molecule has 0 fully saturated rings. The number of nitrogens with one attached hydrogen (secondary N) is 2. The highest BCUT2D eigenvalue weighted by atomic mass is 35.5. The highest BCUT2D eigenvalue weighted by Crippen LogP contribution is 2.16. The number of amides is 1. The van der Waals surface area contributed by atoms with Crippen molar-refractivity contribution in [3.63, 3.8) is 0 Å². The second-order valence-electron chi connectivity index (χ2n) is 5.17. The van der Waals surface area contributed by atoms with Crippen LogP contribution in [0, 0.1) is 6.92 Å². The minimum atomic E-state index is -0.307. The normalized spacial score (nSPS) is 10.2. The maximum absolute atomic E-state index is 12.4. The van der Waals surface area contributed by atoms with Crippen LogP contribution >= 0.6 is 11.6 Å². The first-order valence-electron chi connectivity index (χ1n) is 7.35. The molecule has 0 saturated heterocycles. The van der Waals surface area contributed by atoms with Crippen LogP contribution in [-0.4, -0.2) is 15.9 Å². The van der Waals surface area contributed by atoms with Crippen molar-refractivity contribution >= 4 is 34.8 Å². The molecule has 0 unspecified atom stereocenters. The summed E-state index contributed by atoms with van der Waals surface area (Å²) in [7, 11) is 0. The maximum Gasteiger partial charge on any atom is 0.274 e. The third-order valence-corrected chi connectivity index (χ3v) is 3.47. The van der Waals surface area contributed by atoms with Crippen LogP contribution in [0.1, 0.15) is 16.2 Å². The molecule has 0 atom stereocenters. The Hall–Kier alpha value is -2.92. The minimum Gasteiger partial charge on any atom is -0.324 e. The molecule has 2 N–H and O–H groups in total. The Labute approximate surface area is 144 Å². The van der Waals surface area contributed by atoms with E-state index in [0.717, 1.165) is 5.69 Å². The average Bonchev–Trinajstić information content (AvgIpc) is 2.57. The van der Waals surface area contributed by atoms with Crippen molar-refractivity contribution < 1.29 is 4.79 Å². The zero-order chi connectivity index (χ0) is 16.9. The van der Waals surface area contributed by atoms with Gasteiger partial charge in [-0.1, -0.05) is 29.8 Å². The molecule has 5 nitrogen and oxygen atoms in total. The molecule has 0 saturated carbocycles. The second-order valence-corrected chi connectivity index (χ2v) is 5.61. The topological polar surface area (TPSA) is 66.9 Å². The molecule has 3 aromatic rings. The molecule has 120 valence electrons. The van der Waals surface area contributed by atoms with Gasteiger partial charge in [-0.05, 0) is 49.4 Å². The Kier molecular flexibility index (Phi) is 4.72. The number of carbonyl (C=O) groups is 1. The molecule has 1 aromatic heterocycles. The monoisotopic (exact) mass is 338 g/mol. The number of carbonyl (C=O) groups excluding carboxylic acids is 1. The molecule has 0 aliphatic rings. The van der Waals surface area contributed by atoms with Crippen molar-refractivity contribution in [3.05, 3.63) is 77.1 Å². The van der Waals surface area contributed by atoms with Crippen LogP contribution in [-0.2, 0) is 0 Å². The number of benzene rings is 2. The lowest BCUT2D eigenvalue weighted by Gasteiger charge is -2.09. The van der Waals surface area contributed by atoms with E-state index in [4.69, 9.17) is 11.6 Å². The number of halogens is 1. The average molecular weight is 339 g/mol. The summed E-state index contributed by atoms with van der Waals surface area (Å²) in [4.78, 5) is 21.0. The fraction of sp³-hybridized carbons (Fsp3) is 0.0556. The fourth-order valence-electron chi connectivity index (χ4n) is 2.12. The van der Waals surface area contributed by atoms with Gasteiger partial charge in [-0.15, -0.1) is 0 Å². The van der Waals surface area contributed by atoms with Crippen molar-refractivity contribution in [1.82, 2.24) is 9.97 Å². The molecule has 1 heterocycles. The van der Waals surface area contributed by atoms with Crippen molar-refractivity contribution in [2.45, 2.75) is 6.92 Å². The predicted octanol–water partition coefficient (Wildman–Crippen LogP) is 4.43. The third kappa shape index (κ3) is 4.08. The lowest BCUT2D eigenvalue weighted by Crippen LogP contribution is -2.15. The number of aromatic nitrogens is 2. The van der Waals surface area contributed by atoms with E-state index in [0.29, 0.717) is 22.4 Å². The number of aryl methyl sites for hydroxylation is 1. The van der Waals surface area contributed by atoms with Crippen LogP contribution in [0.2, 0.25) is 5.02 Å². The van der Waals surface area contributed by atoms with Crippen LogP contribution in [0.4, 0.5) is 17.3 Å². The number of hydrogen-bond donors (Lipinski definition) is 2. The van der Waals surface area contributed by atoms with Crippen LogP contribution < -0.4 is 10.6 Å². The summed E-state index contributed by atoms with van der Waals surface area (Å²) in [6.45, 7) is 1.82. The molecule has 1 amide bonds. The van der Waals surface area contributed by atoms with Gasteiger partial charge in [-0.3, -0.25) is 4.79 Å². The fourth-order valence-corrected chi connectivity index (χ4v) is 2.25. The number of anilines is 3. The number of rotatable bonds is 4. The van der Waals surface area contributed by atoms with Gasteiger partial charge in [-0.2, -0.15) is 0 Å². The SMILES string of the molecule is Cc1cc(C(=O)Nc2ccc(Cl)cc2)nc(Nc2ccccc2)n1. The first-order chi connectivity index (χ1) is 11.6. The molecule has 0 radical (unpaired) electrons. The summed E-state index contributed by atoms with van der Waals surface area (Å²) < 4.78 is 0. The zero-order valence-electron chi connectivity index (χ0n) is 13.0. The lowest BCUT2D eigenvalue weighted by atomic mass is 10.3. The summed E-state index contributed by atoms with van der Waals surface area (Å²) in [5, 5.41) is 6.49. The van der Waals surface area contributed by atoms with Gasteiger partial charge in [0.15, 0.2) is 0 Å². The van der Waals surface area contributed by atoms with Gasteiger partial charge in [0.05, 0.1) is 0 Å². The Balaban J connectivity index is 1.80. The van der Waals surface area contributed by atoms with Crippen molar-refractivity contribution in [1.29, 1.82) is 0 Å². The van der Waals surface area contributed by atoms with E-state index < -0.39 is 0 Å². The van der Waals surface area contributed by atoms with E-state index in [-0.39, 0.29) is 11.6 Å². The largest absolute Gasteiger partial charge is 0.324 e. The Morgan fingerprint density at radius 1 is 0.958 bits per heavy atom.